The highest BCUT2D eigenvalue weighted by molar-refractivity contribution is 6.15. The Balaban J connectivity index is 1.42. The number of hydrogen-bond acceptors (Lipinski definition) is 4. The number of hydrogen-bond donors (Lipinski definition) is 0. The van der Waals surface area contributed by atoms with Crippen molar-refractivity contribution in [2.75, 3.05) is 7.05 Å². The highest BCUT2D eigenvalue weighted by Crippen LogP contribution is 2.33. The van der Waals surface area contributed by atoms with Gasteiger partial charge < -0.3 is 9.47 Å². The van der Waals surface area contributed by atoms with Gasteiger partial charge in [-0.2, -0.15) is 23.4 Å². The first-order chi connectivity index (χ1) is 16.5. The third kappa shape index (κ3) is 5.43. The zero-order valence-corrected chi connectivity index (χ0v) is 19.4. The molecule has 0 saturated heterocycles. The van der Waals surface area contributed by atoms with E-state index in [0.29, 0.717) is 29.9 Å². The average molecular weight is 495 g/mol. The second-order valence-corrected chi connectivity index (χ2v) is 9.05. The Morgan fingerprint density at radius 2 is 2.00 bits per heavy atom. The van der Waals surface area contributed by atoms with Crippen LogP contribution in [0.1, 0.15) is 59.4 Å². The van der Waals surface area contributed by atoms with Crippen LogP contribution in [0.3, 0.4) is 0 Å². The van der Waals surface area contributed by atoms with Crippen molar-refractivity contribution in [2.45, 2.75) is 64.2 Å². The molecule has 2 heterocycles. The van der Waals surface area contributed by atoms with Crippen LogP contribution in [-0.4, -0.2) is 51.3 Å². The largest absolute Gasteiger partial charge is 0.416 e. The summed E-state index contributed by atoms with van der Waals surface area (Å²) in [5.74, 6) is -0.419. The van der Waals surface area contributed by atoms with Crippen LogP contribution in [0, 0.1) is 12.8 Å². The van der Waals surface area contributed by atoms with E-state index in [1.54, 1.807) is 14.0 Å². The van der Waals surface area contributed by atoms with Crippen molar-refractivity contribution >= 4 is 17.3 Å². The molecule has 2 aromatic rings. The molecule has 1 saturated carbocycles. The van der Waals surface area contributed by atoms with Crippen LogP contribution in [0.5, 0.6) is 0 Å². The number of imidazole rings is 1. The van der Waals surface area contributed by atoms with Crippen molar-refractivity contribution in [3.8, 4) is 0 Å². The first-order valence-corrected chi connectivity index (χ1v) is 11.4. The lowest BCUT2D eigenvalue weighted by Crippen LogP contribution is -2.41. The van der Waals surface area contributed by atoms with E-state index in [2.05, 4.69) is 15.2 Å². The summed E-state index contributed by atoms with van der Waals surface area (Å²) in [5.41, 5.74) is 1.71. The van der Waals surface area contributed by atoms with Crippen LogP contribution in [0.25, 0.3) is 0 Å². The van der Waals surface area contributed by atoms with E-state index < -0.39 is 30.6 Å². The lowest BCUT2D eigenvalue weighted by atomic mass is 9.80. The molecule has 1 aromatic carbocycles. The molecule has 1 aliphatic carbocycles. The molecule has 188 valence electrons. The van der Waals surface area contributed by atoms with Crippen LogP contribution in [0.2, 0.25) is 0 Å². The number of nitrogens with zero attached hydrogens (tertiary/aromatic N) is 5. The average Bonchev–Trinajstić information content (AvgIpc) is 3.44. The third-order valence-electron chi connectivity index (χ3n) is 6.70. The maximum absolute atomic E-state index is 13.1. The van der Waals surface area contributed by atoms with Gasteiger partial charge in [0.1, 0.15) is 0 Å². The summed E-state index contributed by atoms with van der Waals surface area (Å²) in [6.45, 7) is 1.27. The minimum absolute atomic E-state index is 0.00366. The number of aromatic nitrogens is 2. The Morgan fingerprint density at radius 3 is 2.71 bits per heavy atom. The molecular weight excluding hydrogens is 469 g/mol. The molecule has 0 spiro atoms. The highest BCUT2D eigenvalue weighted by Gasteiger charge is 2.34. The lowest BCUT2D eigenvalue weighted by molar-refractivity contribution is -0.137. The minimum Gasteiger partial charge on any atom is -0.339 e. The van der Waals surface area contributed by atoms with Gasteiger partial charge in [0, 0.05) is 36.7 Å². The summed E-state index contributed by atoms with van der Waals surface area (Å²) in [5, 5.41) is 8.60. The number of aryl methyl sites for hydroxylation is 1. The minimum atomic E-state index is -4.52. The van der Waals surface area contributed by atoms with Crippen LogP contribution < -0.4 is 0 Å². The number of halogens is 5. The van der Waals surface area contributed by atoms with Crippen LogP contribution in [0.15, 0.2) is 40.8 Å². The van der Waals surface area contributed by atoms with Gasteiger partial charge in [-0.25, -0.2) is 13.8 Å². The molecule has 2 aliphatic rings. The number of amides is 1. The maximum atomic E-state index is 13.1. The molecule has 0 N–H and O–H groups in total. The van der Waals surface area contributed by atoms with E-state index in [4.69, 9.17) is 0 Å². The van der Waals surface area contributed by atoms with Gasteiger partial charge in [0.2, 0.25) is 0 Å². The van der Waals surface area contributed by atoms with Crippen LogP contribution in [0.4, 0.5) is 22.0 Å². The van der Waals surface area contributed by atoms with Gasteiger partial charge in [-0.15, -0.1) is 0 Å². The standard InChI is InChI=1S/C24H26F5N5O/c1-14-22(34(13-30-14)12-21(25)26)20-11-19(31-32-20)15-5-4-8-18(10-15)33(2)23(35)16-6-3-7-17(9-16)24(27,28)29/h3,6-7,9,13,15,18,21H,4-5,8,10-12H2,1-2H3/t15-,18+/m0/s1. The van der Waals surface area contributed by atoms with Crippen LogP contribution in [-0.2, 0) is 12.7 Å². The summed E-state index contributed by atoms with van der Waals surface area (Å²) in [7, 11) is 1.61. The van der Waals surface area contributed by atoms with E-state index in [0.717, 1.165) is 37.1 Å². The number of alkyl halides is 5. The molecule has 0 radical (unpaired) electrons. The summed E-state index contributed by atoms with van der Waals surface area (Å²) in [6.07, 6.45) is -2.23. The van der Waals surface area contributed by atoms with Crippen molar-refractivity contribution in [3.05, 3.63) is 53.1 Å². The van der Waals surface area contributed by atoms with Crippen molar-refractivity contribution in [1.29, 1.82) is 0 Å². The number of carbonyl (C=O) groups is 1. The van der Waals surface area contributed by atoms with E-state index in [-0.39, 0.29) is 17.5 Å². The van der Waals surface area contributed by atoms with Gasteiger partial charge in [-0.1, -0.05) is 12.5 Å². The zero-order chi connectivity index (χ0) is 25.3. The molecule has 6 nitrogen and oxygen atoms in total. The van der Waals surface area contributed by atoms with Crippen LogP contribution >= 0.6 is 0 Å². The molecule has 11 heteroatoms. The van der Waals surface area contributed by atoms with Crippen molar-refractivity contribution in [1.82, 2.24) is 14.5 Å². The maximum Gasteiger partial charge on any atom is 0.416 e. The van der Waals surface area contributed by atoms with E-state index >= 15 is 0 Å². The number of rotatable bonds is 6. The Morgan fingerprint density at radius 1 is 1.23 bits per heavy atom. The molecule has 2 atom stereocenters. The SMILES string of the molecule is Cc1ncn(CC(F)F)c1C1=NN=C([C@H]2CCC[C@@H](N(C)C(=O)c3cccc(C(F)(F)F)c3)C2)C1. The van der Waals surface area contributed by atoms with Crippen molar-refractivity contribution in [3.63, 3.8) is 0 Å². The molecule has 1 aromatic heterocycles. The summed E-state index contributed by atoms with van der Waals surface area (Å²) in [6, 6.07) is 4.29. The lowest BCUT2D eigenvalue weighted by Gasteiger charge is -2.35. The Bertz CT molecular complexity index is 1150. The fourth-order valence-electron chi connectivity index (χ4n) is 4.89. The zero-order valence-electron chi connectivity index (χ0n) is 19.4. The van der Waals surface area contributed by atoms with E-state index in [1.165, 1.54) is 27.9 Å². The molecule has 1 amide bonds. The van der Waals surface area contributed by atoms with E-state index in [9.17, 15) is 26.7 Å². The van der Waals surface area contributed by atoms with Gasteiger partial charge in [-0.05, 0) is 44.4 Å². The normalized spacial score (nSPS) is 20.7. The predicted molar refractivity (Wildman–Crippen MR) is 121 cm³/mol. The molecule has 4 rings (SSSR count). The highest BCUT2D eigenvalue weighted by atomic mass is 19.4. The Labute approximate surface area is 199 Å². The first-order valence-electron chi connectivity index (χ1n) is 11.4. The molecule has 0 unspecified atom stereocenters. The topological polar surface area (TPSA) is 62.9 Å². The number of carbonyl (C=O) groups excluding carboxylic acids is 1. The molecule has 1 aliphatic heterocycles. The Kier molecular flexibility index (Phi) is 7.05. The first kappa shape index (κ1) is 25.0. The summed E-state index contributed by atoms with van der Waals surface area (Å²) >= 11 is 0. The molecule has 35 heavy (non-hydrogen) atoms. The third-order valence-corrected chi connectivity index (χ3v) is 6.70. The van der Waals surface area contributed by atoms with Gasteiger partial charge in [0.25, 0.3) is 12.3 Å². The second-order valence-electron chi connectivity index (χ2n) is 9.05. The summed E-state index contributed by atoms with van der Waals surface area (Å²) < 4.78 is 66.5. The number of benzene rings is 1. The van der Waals surface area contributed by atoms with Gasteiger partial charge >= 0.3 is 6.18 Å². The fourth-order valence-corrected chi connectivity index (χ4v) is 4.89. The predicted octanol–water partition coefficient (Wildman–Crippen LogP) is 5.36. The van der Waals surface area contributed by atoms with Crippen molar-refractivity contribution in [2.24, 2.45) is 16.1 Å². The van der Waals surface area contributed by atoms with Gasteiger partial charge in [-0.3, -0.25) is 4.79 Å². The molecular formula is C24H26F5N5O. The monoisotopic (exact) mass is 495 g/mol. The molecule has 0 bridgehead atoms. The fraction of sp³-hybridized carbons (Fsp3) is 0.500. The van der Waals surface area contributed by atoms with Gasteiger partial charge in [0.05, 0.1) is 35.5 Å². The van der Waals surface area contributed by atoms with Gasteiger partial charge in [0.15, 0.2) is 0 Å². The summed E-state index contributed by atoms with van der Waals surface area (Å²) in [4.78, 5) is 18.6. The van der Waals surface area contributed by atoms with E-state index in [1.807, 2.05) is 0 Å². The Hall–Kier alpha value is -3.11. The van der Waals surface area contributed by atoms with Crippen molar-refractivity contribution < 1.29 is 26.7 Å². The smallest absolute Gasteiger partial charge is 0.339 e. The quantitative estimate of drug-likeness (QED) is 0.507. The second kappa shape index (κ2) is 9.87. The molecule has 1 fully saturated rings.